The summed E-state index contributed by atoms with van der Waals surface area (Å²) in [6.45, 7) is 0.105. The van der Waals surface area contributed by atoms with E-state index < -0.39 is 18.1 Å². The molecule has 0 radical (unpaired) electrons. The van der Waals surface area contributed by atoms with Crippen molar-refractivity contribution in [3.8, 4) is 17.2 Å². The van der Waals surface area contributed by atoms with Gasteiger partial charge in [0.05, 0.1) is 0 Å². The first kappa shape index (κ1) is 19.7. The SMILES string of the molecule is N#Cc1sccc1C[C@H](NC(=O)OCC1c2ccccc2-c2ccccc21)C(=O)O. The van der Waals surface area contributed by atoms with Crippen LogP contribution in [0.15, 0.2) is 60.0 Å². The summed E-state index contributed by atoms with van der Waals surface area (Å²) in [5.41, 5.74) is 4.99. The molecule has 7 heteroatoms. The van der Waals surface area contributed by atoms with Crippen LogP contribution >= 0.6 is 11.3 Å². The standard InChI is InChI=1S/C23H18N2O4S/c24-12-21-14(9-10-30-21)11-20(22(26)27)25-23(28)29-13-19-17-7-3-1-5-15(17)16-6-2-4-8-18(16)19/h1-10,19-20H,11,13H2,(H,25,28)(H,26,27)/t20-/m0/s1. The van der Waals surface area contributed by atoms with Gasteiger partial charge in [0.2, 0.25) is 0 Å². The van der Waals surface area contributed by atoms with Gasteiger partial charge in [0.1, 0.15) is 23.6 Å². The zero-order valence-electron chi connectivity index (χ0n) is 15.9. The Morgan fingerprint density at radius 2 is 1.73 bits per heavy atom. The predicted molar refractivity (Wildman–Crippen MR) is 112 cm³/mol. The summed E-state index contributed by atoms with van der Waals surface area (Å²) in [6, 6.07) is 18.5. The zero-order valence-corrected chi connectivity index (χ0v) is 16.7. The first-order valence-electron chi connectivity index (χ1n) is 9.39. The molecule has 0 bridgehead atoms. The molecule has 1 aliphatic rings. The molecule has 0 spiro atoms. The van der Waals surface area contributed by atoms with Crippen molar-refractivity contribution in [2.24, 2.45) is 0 Å². The number of hydrogen-bond donors (Lipinski definition) is 2. The lowest BCUT2D eigenvalue weighted by molar-refractivity contribution is -0.139. The average molecular weight is 418 g/mol. The molecule has 2 N–H and O–H groups in total. The second kappa shape index (κ2) is 8.39. The Labute approximate surface area is 177 Å². The predicted octanol–water partition coefficient (Wildman–Crippen LogP) is 4.15. The number of nitrogens with zero attached hydrogens (tertiary/aromatic N) is 1. The van der Waals surface area contributed by atoms with E-state index in [1.165, 1.54) is 11.3 Å². The van der Waals surface area contributed by atoms with Gasteiger partial charge >= 0.3 is 12.1 Å². The van der Waals surface area contributed by atoms with Gasteiger partial charge in [0.25, 0.3) is 0 Å². The number of fused-ring (bicyclic) bond motifs is 3. The van der Waals surface area contributed by atoms with Gasteiger partial charge in [0, 0.05) is 12.3 Å². The summed E-state index contributed by atoms with van der Waals surface area (Å²) < 4.78 is 5.42. The molecule has 0 aliphatic heterocycles. The summed E-state index contributed by atoms with van der Waals surface area (Å²) in [6.07, 6.45) is -0.774. The van der Waals surface area contributed by atoms with E-state index in [0.29, 0.717) is 10.4 Å². The number of carbonyl (C=O) groups is 2. The number of hydrogen-bond acceptors (Lipinski definition) is 5. The molecule has 4 rings (SSSR count). The minimum absolute atomic E-state index is 0.0198. The van der Waals surface area contributed by atoms with Crippen LogP contribution in [0.3, 0.4) is 0 Å². The molecule has 1 amide bonds. The molecule has 0 saturated carbocycles. The number of alkyl carbamates (subject to hydrolysis) is 1. The average Bonchev–Trinajstić information content (AvgIpc) is 3.33. The van der Waals surface area contributed by atoms with E-state index in [1.54, 1.807) is 11.4 Å². The van der Waals surface area contributed by atoms with Gasteiger partial charge in [-0.1, -0.05) is 48.5 Å². The molecule has 1 aliphatic carbocycles. The minimum atomic E-state index is -1.18. The molecule has 3 aromatic rings. The van der Waals surface area contributed by atoms with E-state index >= 15 is 0 Å². The third-order valence-corrected chi connectivity index (χ3v) is 6.07. The number of aliphatic carboxylic acids is 1. The normalized spacial score (nSPS) is 13.0. The number of carboxylic acids is 1. The maximum Gasteiger partial charge on any atom is 0.407 e. The molecule has 0 saturated heterocycles. The molecule has 2 aromatic carbocycles. The Bertz CT molecular complexity index is 1100. The van der Waals surface area contributed by atoms with Gasteiger partial charge in [-0.25, -0.2) is 9.59 Å². The lowest BCUT2D eigenvalue weighted by Gasteiger charge is -2.17. The van der Waals surface area contributed by atoms with Crippen LogP contribution in [0, 0.1) is 11.3 Å². The van der Waals surface area contributed by atoms with Crippen molar-refractivity contribution in [2.75, 3.05) is 6.61 Å². The highest BCUT2D eigenvalue weighted by Gasteiger charge is 2.30. The van der Waals surface area contributed by atoms with E-state index in [2.05, 4.69) is 5.32 Å². The largest absolute Gasteiger partial charge is 0.480 e. The lowest BCUT2D eigenvalue weighted by atomic mass is 9.98. The quantitative estimate of drug-likeness (QED) is 0.626. The minimum Gasteiger partial charge on any atom is -0.480 e. The molecule has 0 fully saturated rings. The zero-order chi connectivity index (χ0) is 21.1. The number of benzene rings is 2. The Morgan fingerprint density at radius 1 is 1.10 bits per heavy atom. The fourth-order valence-electron chi connectivity index (χ4n) is 3.80. The van der Waals surface area contributed by atoms with Gasteiger partial charge < -0.3 is 15.2 Å². The highest BCUT2D eigenvalue weighted by Crippen LogP contribution is 2.44. The Balaban J connectivity index is 1.44. The van der Waals surface area contributed by atoms with Crippen molar-refractivity contribution in [1.82, 2.24) is 5.32 Å². The van der Waals surface area contributed by atoms with Crippen molar-refractivity contribution >= 4 is 23.4 Å². The number of thiophene rings is 1. The summed E-state index contributed by atoms with van der Waals surface area (Å²) in [4.78, 5) is 24.4. The summed E-state index contributed by atoms with van der Waals surface area (Å²) in [5.74, 6) is -1.29. The number of carbonyl (C=O) groups excluding carboxylic acids is 1. The molecule has 150 valence electrons. The maximum absolute atomic E-state index is 12.4. The summed E-state index contributed by atoms with van der Waals surface area (Å²) in [7, 11) is 0. The molecule has 1 atom stereocenters. The maximum atomic E-state index is 12.4. The number of nitrogens with one attached hydrogen (secondary N) is 1. The molecule has 30 heavy (non-hydrogen) atoms. The summed E-state index contributed by atoms with van der Waals surface area (Å²) >= 11 is 1.24. The number of carboxylic acid groups (broad SMARTS) is 1. The third kappa shape index (κ3) is 3.78. The summed E-state index contributed by atoms with van der Waals surface area (Å²) in [5, 5.41) is 22.7. The van der Waals surface area contributed by atoms with Gasteiger partial charge in [-0.05, 0) is 39.3 Å². The Morgan fingerprint density at radius 3 is 2.33 bits per heavy atom. The third-order valence-electron chi connectivity index (χ3n) is 5.21. The first-order chi connectivity index (χ1) is 14.6. The van der Waals surface area contributed by atoms with Crippen LogP contribution in [-0.2, 0) is 16.0 Å². The van der Waals surface area contributed by atoms with Crippen LogP contribution in [0.4, 0.5) is 4.79 Å². The highest BCUT2D eigenvalue weighted by atomic mass is 32.1. The van der Waals surface area contributed by atoms with Crippen LogP contribution in [-0.4, -0.2) is 29.8 Å². The van der Waals surface area contributed by atoms with Gasteiger partial charge in [0.15, 0.2) is 0 Å². The van der Waals surface area contributed by atoms with Gasteiger partial charge in [-0.2, -0.15) is 5.26 Å². The van der Waals surface area contributed by atoms with Crippen molar-refractivity contribution in [3.63, 3.8) is 0 Å². The second-order valence-electron chi connectivity index (χ2n) is 6.95. The highest BCUT2D eigenvalue weighted by molar-refractivity contribution is 7.10. The van der Waals surface area contributed by atoms with E-state index in [-0.39, 0.29) is 18.9 Å². The molecule has 6 nitrogen and oxygen atoms in total. The van der Waals surface area contributed by atoms with Gasteiger partial charge in [-0.15, -0.1) is 11.3 Å². The second-order valence-corrected chi connectivity index (χ2v) is 7.87. The molecular weight excluding hydrogens is 400 g/mol. The molecular formula is C23H18N2O4S. The van der Waals surface area contributed by atoms with Crippen LogP contribution in [0.25, 0.3) is 11.1 Å². The van der Waals surface area contributed by atoms with Crippen molar-refractivity contribution in [2.45, 2.75) is 18.4 Å². The van der Waals surface area contributed by atoms with E-state index in [9.17, 15) is 14.7 Å². The van der Waals surface area contributed by atoms with Crippen LogP contribution in [0.5, 0.6) is 0 Å². The fourth-order valence-corrected chi connectivity index (χ4v) is 4.52. The van der Waals surface area contributed by atoms with E-state index in [0.717, 1.165) is 22.3 Å². The Hall–Kier alpha value is -3.63. The van der Waals surface area contributed by atoms with Crippen molar-refractivity contribution in [1.29, 1.82) is 5.26 Å². The van der Waals surface area contributed by atoms with Crippen LogP contribution < -0.4 is 5.32 Å². The number of rotatable bonds is 6. The number of ether oxygens (including phenoxy) is 1. The number of nitriles is 1. The van der Waals surface area contributed by atoms with Crippen molar-refractivity contribution in [3.05, 3.63) is 81.5 Å². The molecule has 0 unspecified atom stereocenters. The Kier molecular flexibility index (Phi) is 5.50. The lowest BCUT2D eigenvalue weighted by Crippen LogP contribution is -2.43. The monoisotopic (exact) mass is 418 g/mol. The smallest absolute Gasteiger partial charge is 0.407 e. The first-order valence-corrected chi connectivity index (χ1v) is 10.3. The van der Waals surface area contributed by atoms with Gasteiger partial charge in [-0.3, -0.25) is 0 Å². The van der Waals surface area contributed by atoms with Crippen molar-refractivity contribution < 1.29 is 19.4 Å². The van der Waals surface area contributed by atoms with Crippen LogP contribution in [0.1, 0.15) is 27.5 Å². The number of amides is 1. The van der Waals surface area contributed by atoms with E-state index in [4.69, 9.17) is 10.00 Å². The topological polar surface area (TPSA) is 99.4 Å². The van der Waals surface area contributed by atoms with E-state index in [1.807, 2.05) is 54.6 Å². The molecule has 1 heterocycles. The molecule has 1 aromatic heterocycles. The van der Waals surface area contributed by atoms with Crippen LogP contribution in [0.2, 0.25) is 0 Å². The fraction of sp³-hybridized carbons (Fsp3) is 0.174.